The fourth-order valence-electron chi connectivity index (χ4n) is 4.56. The van der Waals surface area contributed by atoms with E-state index in [1.165, 1.54) is 0 Å². The van der Waals surface area contributed by atoms with Crippen molar-refractivity contribution < 1.29 is 26.3 Å². The molecule has 1 aromatic carbocycles. The topological polar surface area (TPSA) is 84.4 Å². The molecule has 172 valence electrons. The molecule has 3 atom stereocenters. The van der Waals surface area contributed by atoms with Crippen molar-refractivity contribution in [1.82, 2.24) is 14.7 Å². The van der Waals surface area contributed by atoms with Crippen molar-refractivity contribution in [3.05, 3.63) is 40.6 Å². The summed E-state index contributed by atoms with van der Waals surface area (Å²) in [6.45, 7) is 2.22. The number of rotatable bonds is 4. The highest BCUT2D eigenvalue weighted by atomic mass is 32.2. The third kappa shape index (κ3) is 3.65. The highest BCUT2D eigenvalue weighted by Crippen LogP contribution is 2.45. The molecule has 32 heavy (non-hydrogen) atoms. The van der Waals surface area contributed by atoms with Crippen LogP contribution in [0.5, 0.6) is 0 Å². The summed E-state index contributed by atoms with van der Waals surface area (Å²) in [5.74, 6) is -2.96. The molecule has 3 heterocycles. The highest BCUT2D eigenvalue weighted by Gasteiger charge is 2.45. The molecule has 11 heteroatoms. The minimum Gasteiger partial charge on any atom is -0.375 e. The van der Waals surface area contributed by atoms with Crippen LogP contribution in [0.1, 0.15) is 41.8 Å². The molecule has 2 aliphatic heterocycles. The summed E-state index contributed by atoms with van der Waals surface area (Å²) in [5.41, 5.74) is 2.66. The van der Waals surface area contributed by atoms with Gasteiger partial charge in [0.15, 0.2) is 0 Å². The van der Waals surface area contributed by atoms with Crippen LogP contribution in [0.15, 0.2) is 18.2 Å². The van der Waals surface area contributed by atoms with E-state index < -0.39 is 34.2 Å². The first-order valence-corrected chi connectivity index (χ1v) is 12.3. The average molecular weight is 469 g/mol. The van der Waals surface area contributed by atoms with E-state index in [-0.39, 0.29) is 44.2 Å². The van der Waals surface area contributed by atoms with Gasteiger partial charge in [-0.1, -0.05) is 12.1 Å². The zero-order valence-corrected chi connectivity index (χ0v) is 18.4. The number of hydrogen-bond acceptors (Lipinski definition) is 6. The Morgan fingerprint density at radius 2 is 2.06 bits per heavy atom. The standard InChI is InChI=1S/C21H23F3N4O3S/c1-11-16(22)8-28(11)20-25-18(15-5-6-21(23,24)19(15)26-20)12-3-4-14-13(7-12)9-31-10-17(14)27-32(2,29)30/h3-4,7,11,16-17,27H,5-6,8-10H2,1-2H3/t11-,16-,17+/m1/s1. The zero-order chi connectivity index (χ0) is 22.8. The van der Waals surface area contributed by atoms with Gasteiger partial charge in [-0.15, -0.1) is 0 Å². The SMILES string of the molecule is C[C@@H]1[C@H](F)CN1c1nc(-c2ccc3c(c2)COC[C@@H]3NS(C)(=O)=O)c2c(n1)C(F)(F)CC2. The summed E-state index contributed by atoms with van der Waals surface area (Å²) < 4.78 is 74.4. The summed E-state index contributed by atoms with van der Waals surface area (Å²) in [6.07, 6.45) is -0.162. The maximum Gasteiger partial charge on any atom is 0.290 e. The number of fused-ring (bicyclic) bond motifs is 2. The first-order chi connectivity index (χ1) is 15.0. The minimum atomic E-state index is -3.44. The Kier molecular flexibility index (Phi) is 4.99. The molecule has 0 amide bonds. The number of alkyl halides is 3. The van der Waals surface area contributed by atoms with Crippen LogP contribution in [0.3, 0.4) is 0 Å². The largest absolute Gasteiger partial charge is 0.375 e. The molecule has 7 nitrogen and oxygen atoms in total. The Bertz CT molecular complexity index is 1190. The second-order valence-corrected chi connectivity index (χ2v) is 10.5. The van der Waals surface area contributed by atoms with Gasteiger partial charge in [-0.2, -0.15) is 8.78 Å². The second kappa shape index (κ2) is 7.39. The molecule has 5 rings (SSSR count). The summed E-state index contributed by atoms with van der Waals surface area (Å²) in [7, 11) is -3.44. The maximum absolute atomic E-state index is 14.6. The van der Waals surface area contributed by atoms with Crippen molar-refractivity contribution in [1.29, 1.82) is 0 Å². The maximum atomic E-state index is 14.6. The van der Waals surface area contributed by atoms with Crippen LogP contribution in [-0.2, 0) is 33.7 Å². The monoisotopic (exact) mass is 468 g/mol. The van der Waals surface area contributed by atoms with Crippen molar-refractivity contribution >= 4 is 16.0 Å². The quantitative estimate of drug-likeness (QED) is 0.743. The van der Waals surface area contributed by atoms with E-state index in [0.29, 0.717) is 16.8 Å². The second-order valence-electron chi connectivity index (χ2n) is 8.68. The molecule has 1 aliphatic carbocycles. The van der Waals surface area contributed by atoms with Gasteiger partial charge in [0.1, 0.15) is 11.9 Å². The van der Waals surface area contributed by atoms with Gasteiger partial charge < -0.3 is 9.64 Å². The number of anilines is 1. The number of sulfonamides is 1. The molecule has 0 unspecified atom stereocenters. The first-order valence-electron chi connectivity index (χ1n) is 10.4. The number of aromatic nitrogens is 2. The number of benzene rings is 1. The van der Waals surface area contributed by atoms with E-state index in [1.807, 2.05) is 0 Å². The highest BCUT2D eigenvalue weighted by molar-refractivity contribution is 7.88. The van der Waals surface area contributed by atoms with Gasteiger partial charge in [-0.25, -0.2) is 27.5 Å². The van der Waals surface area contributed by atoms with Crippen LogP contribution in [-0.4, -0.2) is 50.0 Å². The van der Waals surface area contributed by atoms with Gasteiger partial charge in [-0.05, 0) is 30.5 Å². The van der Waals surface area contributed by atoms with Gasteiger partial charge in [0.25, 0.3) is 5.92 Å². The van der Waals surface area contributed by atoms with E-state index in [9.17, 15) is 21.6 Å². The van der Waals surface area contributed by atoms with Crippen LogP contribution in [0.4, 0.5) is 19.1 Å². The predicted octanol–water partition coefficient (Wildman–Crippen LogP) is 2.85. The first kappa shape index (κ1) is 21.6. The third-order valence-corrected chi connectivity index (χ3v) is 7.08. The number of nitrogens with zero attached hydrogens (tertiary/aromatic N) is 3. The normalized spacial score (nSPS) is 26.4. The van der Waals surface area contributed by atoms with Gasteiger partial charge in [0.05, 0.1) is 43.8 Å². The van der Waals surface area contributed by atoms with Crippen LogP contribution in [0.2, 0.25) is 0 Å². The van der Waals surface area contributed by atoms with Gasteiger partial charge in [0.2, 0.25) is 16.0 Å². The number of nitrogens with one attached hydrogen (secondary N) is 1. The van der Waals surface area contributed by atoms with Crippen molar-refractivity contribution in [2.24, 2.45) is 0 Å². The molecule has 0 radical (unpaired) electrons. The minimum absolute atomic E-state index is 0.0713. The molecule has 1 aromatic heterocycles. The van der Waals surface area contributed by atoms with E-state index in [4.69, 9.17) is 4.74 Å². The number of halogens is 3. The lowest BCUT2D eigenvalue weighted by Gasteiger charge is -2.42. The Morgan fingerprint density at radius 1 is 1.28 bits per heavy atom. The van der Waals surface area contributed by atoms with Crippen molar-refractivity contribution in [3.8, 4) is 11.3 Å². The van der Waals surface area contributed by atoms with Crippen LogP contribution < -0.4 is 9.62 Å². The lowest BCUT2D eigenvalue weighted by Crippen LogP contribution is -2.57. The average Bonchev–Trinajstić information content (AvgIpc) is 3.04. The summed E-state index contributed by atoms with van der Waals surface area (Å²) in [5, 5.41) is 0. The number of hydrogen-bond donors (Lipinski definition) is 1. The van der Waals surface area contributed by atoms with E-state index in [2.05, 4.69) is 14.7 Å². The molecular formula is C21H23F3N4O3S. The fraction of sp³-hybridized carbons (Fsp3) is 0.524. The zero-order valence-electron chi connectivity index (χ0n) is 17.6. The Balaban J connectivity index is 1.59. The Hall–Kier alpha value is -2.24. The molecule has 1 saturated heterocycles. The summed E-state index contributed by atoms with van der Waals surface area (Å²) >= 11 is 0. The van der Waals surface area contributed by atoms with E-state index >= 15 is 0 Å². The third-order valence-electron chi connectivity index (χ3n) is 6.36. The molecule has 0 saturated carbocycles. The smallest absolute Gasteiger partial charge is 0.290 e. The van der Waals surface area contributed by atoms with Gasteiger partial charge >= 0.3 is 0 Å². The Morgan fingerprint density at radius 3 is 2.75 bits per heavy atom. The molecule has 1 N–H and O–H groups in total. The van der Waals surface area contributed by atoms with Gasteiger partial charge in [-0.3, -0.25) is 0 Å². The molecular weight excluding hydrogens is 445 g/mol. The molecule has 2 aromatic rings. The predicted molar refractivity (Wildman–Crippen MR) is 112 cm³/mol. The fourth-order valence-corrected chi connectivity index (χ4v) is 5.27. The Labute approximate surface area is 184 Å². The van der Waals surface area contributed by atoms with Gasteiger partial charge in [0, 0.05) is 17.5 Å². The van der Waals surface area contributed by atoms with Crippen molar-refractivity contribution in [2.75, 3.05) is 24.3 Å². The summed E-state index contributed by atoms with van der Waals surface area (Å²) in [6, 6.07) is 4.33. The lowest BCUT2D eigenvalue weighted by atomic mass is 9.95. The van der Waals surface area contributed by atoms with E-state index in [0.717, 1.165) is 17.4 Å². The van der Waals surface area contributed by atoms with Crippen LogP contribution in [0, 0.1) is 0 Å². The molecule has 3 aliphatic rings. The van der Waals surface area contributed by atoms with Crippen LogP contribution >= 0.6 is 0 Å². The lowest BCUT2D eigenvalue weighted by molar-refractivity contribution is -0.00598. The summed E-state index contributed by atoms with van der Waals surface area (Å²) in [4.78, 5) is 10.3. The molecule has 1 fully saturated rings. The molecule has 0 spiro atoms. The van der Waals surface area contributed by atoms with Crippen LogP contribution in [0.25, 0.3) is 11.3 Å². The number of ether oxygens (including phenoxy) is 1. The van der Waals surface area contributed by atoms with Crippen molar-refractivity contribution in [3.63, 3.8) is 0 Å². The molecule has 0 bridgehead atoms. The van der Waals surface area contributed by atoms with E-state index in [1.54, 1.807) is 30.0 Å². The van der Waals surface area contributed by atoms with Crippen molar-refractivity contribution in [2.45, 2.75) is 50.6 Å².